The Kier molecular flexibility index (Phi) is 3.88. The molecule has 2 fully saturated rings. The molecule has 0 spiro atoms. The summed E-state index contributed by atoms with van der Waals surface area (Å²) < 4.78 is 0. The van der Waals surface area contributed by atoms with E-state index in [0.717, 1.165) is 5.92 Å². The Balaban J connectivity index is 1.90. The average molecular weight is 212 g/mol. The van der Waals surface area contributed by atoms with E-state index in [2.05, 4.69) is 13.8 Å². The first-order chi connectivity index (χ1) is 6.85. The van der Waals surface area contributed by atoms with Gasteiger partial charge in [0, 0.05) is 0 Å². The van der Waals surface area contributed by atoms with Crippen LogP contribution in [0.1, 0.15) is 52.4 Å². The number of hydrogen-bond acceptors (Lipinski definition) is 0. The van der Waals surface area contributed by atoms with Crippen molar-refractivity contribution in [3.05, 3.63) is 0 Å². The van der Waals surface area contributed by atoms with Gasteiger partial charge < -0.3 is 0 Å². The zero-order valence-electron chi connectivity index (χ0n) is 9.84. The number of fused-ring (bicyclic) bond motifs is 2. The van der Waals surface area contributed by atoms with Gasteiger partial charge in [-0.1, -0.05) is 33.1 Å². The summed E-state index contributed by atoms with van der Waals surface area (Å²) >= 11 is 0. The Morgan fingerprint density at radius 3 is 2.14 bits per heavy atom. The zero-order valence-corrected chi connectivity index (χ0v) is 10.7. The van der Waals surface area contributed by atoms with Crippen molar-refractivity contribution in [1.82, 2.24) is 0 Å². The Morgan fingerprint density at radius 1 is 1.00 bits per heavy atom. The molecule has 1 heteroatoms. The highest BCUT2D eigenvalue weighted by Crippen LogP contribution is 2.58. The van der Waals surface area contributed by atoms with Crippen LogP contribution in [-0.4, -0.2) is 18.0 Å². The van der Waals surface area contributed by atoms with Crippen molar-refractivity contribution >= 4 is 7.92 Å². The fourth-order valence-corrected chi connectivity index (χ4v) is 7.18. The van der Waals surface area contributed by atoms with Crippen LogP contribution in [0.25, 0.3) is 0 Å². The number of rotatable bonds is 5. The molecular formula is C13H25P. The minimum Gasteiger partial charge on any atom is -0.103 e. The molecule has 0 aromatic heterocycles. The van der Waals surface area contributed by atoms with E-state index in [9.17, 15) is 0 Å². The predicted molar refractivity (Wildman–Crippen MR) is 66.5 cm³/mol. The second-order valence-corrected chi connectivity index (χ2v) is 8.01. The second-order valence-electron chi connectivity index (χ2n) is 5.28. The highest BCUT2D eigenvalue weighted by atomic mass is 31.1. The van der Waals surface area contributed by atoms with Crippen LogP contribution in [0.3, 0.4) is 0 Å². The smallest absolute Gasteiger partial charge is 0.0178 e. The molecule has 3 atom stereocenters. The third-order valence-corrected chi connectivity index (χ3v) is 7.81. The minimum atomic E-state index is 0.423. The highest BCUT2D eigenvalue weighted by Gasteiger charge is 2.42. The molecule has 2 aliphatic rings. The molecule has 82 valence electrons. The summed E-state index contributed by atoms with van der Waals surface area (Å²) in [5.74, 6) is 2.33. The molecule has 0 N–H and O–H groups in total. The third kappa shape index (κ3) is 2.16. The van der Waals surface area contributed by atoms with E-state index >= 15 is 0 Å². The second kappa shape index (κ2) is 4.97. The molecule has 2 bridgehead atoms. The van der Waals surface area contributed by atoms with Crippen LogP contribution >= 0.6 is 7.92 Å². The van der Waals surface area contributed by atoms with Crippen molar-refractivity contribution in [2.24, 2.45) is 11.8 Å². The van der Waals surface area contributed by atoms with Crippen molar-refractivity contribution in [3.8, 4) is 0 Å². The monoisotopic (exact) mass is 212 g/mol. The van der Waals surface area contributed by atoms with Crippen LogP contribution < -0.4 is 0 Å². The molecule has 0 radical (unpaired) electrons. The average Bonchev–Trinajstić information content (AvgIpc) is 2.78. The van der Waals surface area contributed by atoms with E-state index < -0.39 is 0 Å². The fraction of sp³-hybridized carbons (Fsp3) is 1.00. The SMILES string of the molecule is CCCP(CCC)C1CC2CCC1C2. The Hall–Kier alpha value is 0.430. The maximum atomic E-state index is 2.37. The van der Waals surface area contributed by atoms with E-state index in [-0.39, 0.29) is 0 Å². The van der Waals surface area contributed by atoms with Crippen LogP contribution in [-0.2, 0) is 0 Å². The van der Waals surface area contributed by atoms with Gasteiger partial charge in [0.1, 0.15) is 0 Å². The van der Waals surface area contributed by atoms with Crippen molar-refractivity contribution in [1.29, 1.82) is 0 Å². The third-order valence-electron chi connectivity index (χ3n) is 4.19. The molecule has 0 heterocycles. The van der Waals surface area contributed by atoms with Crippen LogP contribution in [0.5, 0.6) is 0 Å². The first-order valence-corrected chi connectivity index (χ1v) is 8.37. The molecule has 0 aliphatic heterocycles. The van der Waals surface area contributed by atoms with Gasteiger partial charge in [-0.15, -0.1) is 7.92 Å². The summed E-state index contributed by atoms with van der Waals surface area (Å²) in [5.41, 5.74) is 1.20. The standard InChI is InChI=1S/C13H25P/c1-3-7-14(8-4-2)13-10-11-5-6-12(13)9-11/h11-13H,3-10H2,1-2H3. The molecule has 0 saturated heterocycles. The molecule has 3 unspecified atom stereocenters. The van der Waals surface area contributed by atoms with Gasteiger partial charge in [-0.2, -0.15) is 0 Å². The molecule has 14 heavy (non-hydrogen) atoms. The molecule has 0 aromatic rings. The molecule has 2 aliphatic carbocycles. The van der Waals surface area contributed by atoms with E-state index in [1.54, 1.807) is 38.0 Å². The molecule has 0 amide bonds. The molecule has 0 aromatic carbocycles. The van der Waals surface area contributed by atoms with Crippen LogP contribution in [0.15, 0.2) is 0 Å². The highest BCUT2D eigenvalue weighted by molar-refractivity contribution is 7.58. The molecule has 2 saturated carbocycles. The van der Waals surface area contributed by atoms with Gasteiger partial charge in [-0.05, 0) is 49.1 Å². The lowest BCUT2D eigenvalue weighted by molar-refractivity contribution is 0.486. The lowest BCUT2D eigenvalue weighted by Gasteiger charge is -2.30. The first-order valence-electron chi connectivity index (χ1n) is 6.59. The van der Waals surface area contributed by atoms with E-state index in [0.29, 0.717) is 7.92 Å². The van der Waals surface area contributed by atoms with Crippen molar-refractivity contribution in [2.75, 3.05) is 12.3 Å². The van der Waals surface area contributed by atoms with Gasteiger partial charge in [0.2, 0.25) is 0 Å². The summed E-state index contributed by atoms with van der Waals surface area (Å²) in [6.07, 6.45) is 12.4. The number of hydrogen-bond donors (Lipinski definition) is 0. The topological polar surface area (TPSA) is 0 Å². The zero-order chi connectivity index (χ0) is 9.97. The van der Waals surface area contributed by atoms with E-state index in [1.807, 2.05) is 0 Å². The lowest BCUT2D eigenvalue weighted by atomic mass is 10.0. The van der Waals surface area contributed by atoms with Crippen molar-refractivity contribution in [2.45, 2.75) is 58.0 Å². The summed E-state index contributed by atoms with van der Waals surface area (Å²) in [4.78, 5) is 0. The summed E-state index contributed by atoms with van der Waals surface area (Å²) in [7, 11) is 0.423. The van der Waals surface area contributed by atoms with Crippen LogP contribution in [0.4, 0.5) is 0 Å². The Labute approximate surface area is 90.6 Å². The maximum Gasteiger partial charge on any atom is -0.0178 e. The fourth-order valence-electron chi connectivity index (χ4n) is 3.68. The van der Waals surface area contributed by atoms with Crippen LogP contribution in [0, 0.1) is 11.8 Å². The Morgan fingerprint density at radius 2 is 1.71 bits per heavy atom. The van der Waals surface area contributed by atoms with Crippen molar-refractivity contribution in [3.63, 3.8) is 0 Å². The summed E-state index contributed by atoms with van der Waals surface area (Å²) in [6.45, 7) is 4.75. The molecule has 2 rings (SSSR count). The van der Waals surface area contributed by atoms with Gasteiger partial charge >= 0.3 is 0 Å². The predicted octanol–water partition coefficient (Wildman–Crippen LogP) is 4.48. The van der Waals surface area contributed by atoms with Gasteiger partial charge in [-0.3, -0.25) is 0 Å². The van der Waals surface area contributed by atoms with Gasteiger partial charge in [0.15, 0.2) is 0 Å². The first kappa shape index (κ1) is 10.9. The summed E-state index contributed by atoms with van der Waals surface area (Å²) in [5, 5.41) is 0. The largest absolute Gasteiger partial charge is 0.103 e. The summed E-state index contributed by atoms with van der Waals surface area (Å²) in [6, 6.07) is 0. The van der Waals surface area contributed by atoms with Gasteiger partial charge in [0.25, 0.3) is 0 Å². The molecule has 0 nitrogen and oxygen atoms in total. The van der Waals surface area contributed by atoms with E-state index in [4.69, 9.17) is 0 Å². The minimum absolute atomic E-state index is 0.423. The van der Waals surface area contributed by atoms with Crippen LogP contribution in [0.2, 0.25) is 0 Å². The van der Waals surface area contributed by atoms with Crippen molar-refractivity contribution < 1.29 is 0 Å². The van der Waals surface area contributed by atoms with Gasteiger partial charge in [0.05, 0.1) is 0 Å². The quantitative estimate of drug-likeness (QED) is 0.589. The normalized spacial score (nSPS) is 35.8. The maximum absolute atomic E-state index is 2.37. The van der Waals surface area contributed by atoms with E-state index in [1.165, 1.54) is 24.4 Å². The molecular weight excluding hydrogens is 187 g/mol. The van der Waals surface area contributed by atoms with Gasteiger partial charge in [-0.25, -0.2) is 0 Å². The Bertz CT molecular complexity index is 172. The lowest BCUT2D eigenvalue weighted by Crippen LogP contribution is -2.17.